The molecule has 2 heterocycles. The second-order valence-electron chi connectivity index (χ2n) is 14.4. The van der Waals surface area contributed by atoms with Crippen molar-refractivity contribution in [3.63, 3.8) is 0 Å². The topological polar surface area (TPSA) is 16.1 Å². The third kappa shape index (κ3) is 6.07. The van der Waals surface area contributed by atoms with E-state index in [0.717, 1.165) is 27.6 Å². The number of fused-ring (bicyclic) bond motifs is 6. The first-order valence-electron chi connectivity index (χ1n) is 19.2. The normalized spacial score (nSPS) is 11.5. The summed E-state index contributed by atoms with van der Waals surface area (Å²) in [6.07, 6.45) is 0. The van der Waals surface area contributed by atoms with Gasteiger partial charge in [0.25, 0.3) is 0 Å². The molecule has 0 atom stereocenters. The molecule has 0 saturated carbocycles. The first kappa shape index (κ1) is 33.5. The van der Waals surface area contributed by atoms with Crippen molar-refractivity contribution in [3.05, 3.63) is 206 Å². The number of rotatable bonds is 7. The molecule has 0 saturated heterocycles. The summed E-state index contributed by atoms with van der Waals surface area (Å²) in [6, 6.07) is 74.5. The van der Waals surface area contributed by atoms with Crippen LogP contribution in [-0.4, -0.2) is 4.98 Å². The first-order chi connectivity index (χ1) is 28.2. The molecule has 0 fully saturated rings. The number of hydrogen-bond acceptors (Lipinski definition) is 4. The number of thiophene rings is 1. The Morgan fingerprint density at radius 3 is 1.70 bits per heavy atom. The number of nitrogens with zero attached hydrogens (tertiary/aromatic N) is 2. The molecular formula is C53H34N2S2. The second-order valence-corrected chi connectivity index (χ2v) is 16.4. The third-order valence-electron chi connectivity index (χ3n) is 10.9. The molecule has 0 aliphatic rings. The lowest BCUT2D eigenvalue weighted by Crippen LogP contribution is -2.09. The van der Waals surface area contributed by atoms with Gasteiger partial charge in [-0.2, -0.15) is 0 Å². The van der Waals surface area contributed by atoms with Gasteiger partial charge in [0.1, 0.15) is 5.01 Å². The molecule has 0 aliphatic heterocycles. The third-order valence-corrected chi connectivity index (χ3v) is 13.1. The van der Waals surface area contributed by atoms with Crippen LogP contribution in [0.25, 0.3) is 85.1 Å². The smallest absolute Gasteiger partial charge is 0.124 e. The van der Waals surface area contributed by atoms with Crippen LogP contribution in [0.3, 0.4) is 0 Å². The summed E-state index contributed by atoms with van der Waals surface area (Å²) in [5, 5.41) is 6.17. The summed E-state index contributed by atoms with van der Waals surface area (Å²) in [6.45, 7) is 0. The van der Waals surface area contributed by atoms with Gasteiger partial charge in [-0.3, -0.25) is 0 Å². The Kier molecular flexibility index (Phi) is 8.24. The maximum absolute atomic E-state index is 5.01. The van der Waals surface area contributed by atoms with Crippen molar-refractivity contribution in [2.75, 3.05) is 4.90 Å². The van der Waals surface area contributed by atoms with Gasteiger partial charge in [0.05, 0.1) is 10.2 Å². The monoisotopic (exact) mass is 762 g/mol. The molecule has 2 nitrogen and oxygen atoms in total. The lowest BCUT2D eigenvalue weighted by molar-refractivity contribution is 1.28. The van der Waals surface area contributed by atoms with Gasteiger partial charge in [-0.15, -0.1) is 22.7 Å². The van der Waals surface area contributed by atoms with Crippen molar-refractivity contribution in [2.24, 2.45) is 0 Å². The van der Waals surface area contributed by atoms with Crippen molar-refractivity contribution in [1.82, 2.24) is 4.98 Å². The number of aromatic nitrogens is 1. The predicted molar refractivity (Wildman–Crippen MR) is 246 cm³/mol. The molecule has 0 N–H and O–H groups in total. The van der Waals surface area contributed by atoms with Crippen molar-refractivity contribution in [1.29, 1.82) is 0 Å². The Balaban J connectivity index is 0.937. The Morgan fingerprint density at radius 1 is 0.368 bits per heavy atom. The second kappa shape index (κ2) is 14.0. The predicted octanol–water partition coefficient (Wildman–Crippen LogP) is 16.0. The highest BCUT2D eigenvalue weighted by Gasteiger charge is 2.17. The summed E-state index contributed by atoms with van der Waals surface area (Å²) in [7, 11) is 0. The minimum absolute atomic E-state index is 1.06. The van der Waals surface area contributed by atoms with Gasteiger partial charge in [-0.1, -0.05) is 140 Å². The van der Waals surface area contributed by atoms with E-state index >= 15 is 0 Å². The van der Waals surface area contributed by atoms with Crippen molar-refractivity contribution < 1.29 is 0 Å². The van der Waals surface area contributed by atoms with E-state index in [0.29, 0.717) is 0 Å². The zero-order valence-corrected chi connectivity index (χ0v) is 32.5. The number of hydrogen-bond donors (Lipinski definition) is 0. The van der Waals surface area contributed by atoms with Crippen molar-refractivity contribution in [2.45, 2.75) is 0 Å². The summed E-state index contributed by atoms with van der Waals surface area (Å²) in [4.78, 5) is 7.35. The summed E-state index contributed by atoms with van der Waals surface area (Å²) in [5.74, 6) is 0. The molecule has 0 bridgehead atoms. The quantitative estimate of drug-likeness (QED) is 0.161. The molecular weight excluding hydrogens is 729 g/mol. The number of thiazole rings is 1. The molecule has 57 heavy (non-hydrogen) atoms. The summed E-state index contributed by atoms with van der Waals surface area (Å²) >= 11 is 3.65. The highest BCUT2D eigenvalue weighted by atomic mass is 32.1. The molecule has 0 unspecified atom stereocenters. The van der Waals surface area contributed by atoms with E-state index in [1.165, 1.54) is 74.6 Å². The van der Waals surface area contributed by atoms with E-state index in [2.05, 4.69) is 211 Å². The Labute approximate surface area is 339 Å². The average molecular weight is 763 g/mol. The maximum atomic E-state index is 5.01. The molecule has 0 amide bonds. The molecule has 11 rings (SSSR count). The molecule has 0 aliphatic carbocycles. The summed E-state index contributed by atoms with van der Waals surface area (Å²) in [5.41, 5.74) is 12.8. The summed E-state index contributed by atoms with van der Waals surface area (Å²) < 4.78 is 3.86. The molecule has 4 heteroatoms. The number of anilines is 3. The van der Waals surface area contributed by atoms with Crippen molar-refractivity contribution >= 4 is 80.9 Å². The molecule has 0 radical (unpaired) electrons. The molecule has 0 spiro atoms. The minimum atomic E-state index is 1.06. The lowest BCUT2D eigenvalue weighted by atomic mass is 9.93. The van der Waals surface area contributed by atoms with E-state index in [4.69, 9.17) is 4.98 Å². The van der Waals surface area contributed by atoms with E-state index in [-0.39, 0.29) is 0 Å². The Hall–Kier alpha value is -6.85. The van der Waals surface area contributed by atoms with Crippen LogP contribution in [-0.2, 0) is 0 Å². The van der Waals surface area contributed by atoms with Crippen LogP contribution in [0, 0.1) is 0 Å². The fourth-order valence-corrected chi connectivity index (χ4v) is 10.4. The van der Waals surface area contributed by atoms with Gasteiger partial charge in [0.2, 0.25) is 0 Å². The van der Waals surface area contributed by atoms with Gasteiger partial charge in [-0.05, 0) is 111 Å². The van der Waals surface area contributed by atoms with Gasteiger partial charge in [0, 0.05) is 42.8 Å². The first-order valence-corrected chi connectivity index (χ1v) is 20.8. The lowest BCUT2D eigenvalue weighted by Gasteiger charge is -2.26. The van der Waals surface area contributed by atoms with Crippen LogP contribution >= 0.6 is 22.7 Å². The van der Waals surface area contributed by atoms with E-state index in [1.807, 2.05) is 11.3 Å². The van der Waals surface area contributed by atoms with E-state index in [9.17, 15) is 0 Å². The Morgan fingerprint density at radius 2 is 0.965 bits per heavy atom. The van der Waals surface area contributed by atoms with Gasteiger partial charge >= 0.3 is 0 Å². The van der Waals surface area contributed by atoms with Crippen LogP contribution in [0.4, 0.5) is 17.1 Å². The number of para-hydroxylation sites is 1. The standard InChI is InChI=1S/C53H34N2S2/c1-4-12-35(13-5-1)41-32-40-16-10-11-19-45(40)47(33-41)37-22-27-44(28-23-37)55(42-17-8-3-9-18-42)43-25-20-36(21-26-43)39-24-29-46-50(34-39)56-49-31-30-48-52(51(46)49)57-53(54-48)38-14-6-2-7-15-38/h1-34H. The largest absolute Gasteiger partial charge is 0.311 e. The van der Waals surface area contributed by atoms with Crippen LogP contribution in [0.15, 0.2) is 206 Å². The molecule has 9 aromatic carbocycles. The highest BCUT2D eigenvalue weighted by Crippen LogP contribution is 2.44. The van der Waals surface area contributed by atoms with Gasteiger partial charge in [-0.25, -0.2) is 4.98 Å². The average Bonchev–Trinajstić information content (AvgIpc) is 3.89. The SMILES string of the molecule is c1ccc(-c2cc(-c3ccc(N(c4ccccc4)c4ccc(-c5ccc6c(c5)sc5ccc7nc(-c8ccccc8)sc7c56)cc4)cc3)c3ccccc3c2)cc1. The fraction of sp³-hybridized carbons (Fsp3) is 0. The highest BCUT2D eigenvalue weighted by molar-refractivity contribution is 7.28. The molecule has 2 aromatic heterocycles. The molecule has 268 valence electrons. The zero-order chi connectivity index (χ0) is 37.7. The van der Waals surface area contributed by atoms with Crippen LogP contribution in [0.5, 0.6) is 0 Å². The van der Waals surface area contributed by atoms with E-state index in [1.54, 1.807) is 11.3 Å². The van der Waals surface area contributed by atoms with Crippen LogP contribution < -0.4 is 4.90 Å². The van der Waals surface area contributed by atoms with Gasteiger partial charge in [0.15, 0.2) is 0 Å². The van der Waals surface area contributed by atoms with E-state index < -0.39 is 0 Å². The zero-order valence-electron chi connectivity index (χ0n) is 30.8. The van der Waals surface area contributed by atoms with Crippen LogP contribution in [0.1, 0.15) is 0 Å². The van der Waals surface area contributed by atoms with Gasteiger partial charge < -0.3 is 4.90 Å². The molecule has 11 aromatic rings. The fourth-order valence-electron chi connectivity index (χ4n) is 8.09. The number of benzene rings is 9. The van der Waals surface area contributed by atoms with Crippen molar-refractivity contribution in [3.8, 4) is 44.0 Å². The Bertz CT molecular complexity index is 3200. The minimum Gasteiger partial charge on any atom is -0.311 e. The maximum Gasteiger partial charge on any atom is 0.124 e. The van der Waals surface area contributed by atoms with Crippen LogP contribution in [0.2, 0.25) is 0 Å².